The third-order valence-corrected chi connectivity index (χ3v) is 7.50. The first-order valence-corrected chi connectivity index (χ1v) is 15.7. The zero-order valence-corrected chi connectivity index (χ0v) is 25.9. The number of amides is 2. The number of ether oxygens (including phenoxy) is 2. The third-order valence-electron chi connectivity index (χ3n) is 7.50. The van der Waals surface area contributed by atoms with Gasteiger partial charge in [0.2, 0.25) is 11.8 Å². The Balaban J connectivity index is 2.47. The van der Waals surface area contributed by atoms with Crippen molar-refractivity contribution in [1.82, 2.24) is 10.6 Å². The summed E-state index contributed by atoms with van der Waals surface area (Å²) < 4.78 is 10.1. The Kier molecular flexibility index (Phi) is 20.0. The molecule has 8 nitrogen and oxygen atoms in total. The predicted molar refractivity (Wildman–Crippen MR) is 162 cm³/mol. The summed E-state index contributed by atoms with van der Waals surface area (Å²) in [5.41, 5.74) is 0.860. The quantitative estimate of drug-likeness (QED) is 0.116. The fraction of sp³-hybridized carbons (Fsp3) is 0.697. The minimum absolute atomic E-state index is 0.0337. The first-order valence-electron chi connectivity index (χ1n) is 15.7. The highest BCUT2D eigenvalue weighted by Crippen LogP contribution is 2.14. The summed E-state index contributed by atoms with van der Waals surface area (Å²) in [6.07, 6.45) is 14.2. The van der Waals surface area contributed by atoms with Gasteiger partial charge < -0.3 is 20.1 Å². The summed E-state index contributed by atoms with van der Waals surface area (Å²) >= 11 is 0. The van der Waals surface area contributed by atoms with Crippen molar-refractivity contribution >= 4 is 23.8 Å². The molecule has 0 aliphatic heterocycles. The van der Waals surface area contributed by atoms with Gasteiger partial charge in [0.05, 0.1) is 7.11 Å². The molecule has 0 aliphatic rings. The van der Waals surface area contributed by atoms with Gasteiger partial charge in [-0.2, -0.15) is 0 Å². The third kappa shape index (κ3) is 16.8. The summed E-state index contributed by atoms with van der Waals surface area (Å²) in [6, 6.07) is 7.50. The number of carbonyl (C=O) groups excluding carboxylic acids is 4. The van der Waals surface area contributed by atoms with Crippen molar-refractivity contribution in [2.24, 2.45) is 5.92 Å². The van der Waals surface area contributed by atoms with E-state index in [4.69, 9.17) is 9.47 Å². The number of esters is 2. The van der Waals surface area contributed by atoms with Crippen LogP contribution >= 0.6 is 0 Å². The van der Waals surface area contributed by atoms with Crippen LogP contribution in [0.5, 0.6) is 0 Å². The summed E-state index contributed by atoms with van der Waals surface area (Å²) in [5.74, 6) is -1.88. The Hall–Kier alpha value is -2.90. The molecule has 0 aliphatic carbocycles. The summed E-state index contributed by atoms with van der Waals surface area (Å²) in [5, 5.41) is 5.57. The Bertz CT molecular complexity index is 876. The molecule has 41 heavy (non-hydrogen) atoms. The van der Waals surface area contributed by atoms with E-state index in [0.29, 0.717) is 12.8 Å². The van der Waals surface area contributed by atoms with E-state index >= 15 is 0 Å². The molecule has 1 unspecified atom stereocenters. The number of nitrogens with one attached hydrogen (secondary N) is 2. The Morgan fingerprint density at radius 2 is 1.37 bits per heavy atom. The molecule has 3 atom stereocenters. The van der Waals surface area contributed by atoms with Crippen molar-refractivity contribution < 1.29 is 28.7 Å². The second kappa shape index (κ2) is 22.8. The highest BCUT2D eigenvalue weighted by atomic mass is 16.5. The first-order chi connectivity index (χ1) is 19.8. The predicted octanol–water partition coefficient (Wildman–Crippen LogP) is 6.40. The lowest BCUT2D eigenvalue weighted by Gasteiger charge is -2.26. The normalized spacial score (nSPS) is 13.1. The van der Waals surface area contributed by atoms with Crippen LogP contribution in [-0.2, 0) is 35.3 Å². The smallest absolute Gasteiger partial charge is 0.328 e. The number of unbranched alkanes of at least 4 members (excludes halogenated alkanes) is 10. The molecule has 0 radical (unpaired) electrons. The van der Waals surface area contributed by atoms with E-state index in [1.54, 1.807) is 0 Å². The van der Waals surface area contributed by atoms with Crippen molar-refractivity contribution in [2.75, 3.05) is 7.11 Å². The molecule has 1 aromatic rings. The van der Waals surface area contributed by atoms with Gasteiger partial charge in [0.1, 0.15) is 18.7 Å². The van der Waals surface area contributed by atoms with Crippen molar-refractivity contribution in [2.45, 2.75) is 136 Å². The zero-order valence-electron chi connectivity index (χ0n) is 25.9. The lowest BCUT2D eigenvalue weighted by atomic mass is 9.97. The van der Waals surface area contributed by atoms with Crippen molar-refractivity contribution in [3.8, 4) is 0 Å². The number of carbonyl (C=O) groups is 4. The van der Waals surface area contributed by atoms with Gasteiger partial charge in [0.25, 0.3) is 0 Å². The SMILES string of the molecule is CCCCCCCCCCCCCC(=O)N[C@H](C(=O)N[C@H](CCC(=O)OCc1ccccc1)C(=O)OC)C(C)CC. The van der Waals surface area contributed by atoms with Gasteiger partial charge in [-0.25, -0.2) is 4.79 Å². The molecule has 232 valence electrons. The molecule has 0 saturated heterocycles. The van der Waals surface area contributed by atoms with Crippen LogP contribution < -0.4 is 10.6 Å². The highest BCUT2D eigenvalue weighted by Gasteiger charge is 2.30. The van der Waals surface area contributed by atoms with E-state index in [1.165, 1.54) is 58.5 Å². The average Bonchev–Trinajstić information content (AvgIpc) is 2.99. The monoisotopic (exact) mass is 574 g/mol. The van der Waals surface area contributed by atoms with Gasteiger partial charge in [-0.15, -0.1) is 0 Å². The maximum atomic E-state index is 13.2. The van der Waals surface area contributed by atoms with Gasteiger partial charge in [-0.1, -0.05) is 122 Å². The van der Waals surface area contributed by atoms with E-state index in [-0.39, 0.29) is 31.3 Å². The van der Waals surface area contributed by atoms with Crippen molar-refractivity contribution in [3.05, 3.63) is 35.9 Å². The lowest BCUT2D eigenvalue weighted by Crippen LogP contribution is -2.54. The van der Waals surface area contributed by atoms with E-state index in [1.807, 2.05) is 44.2 Å². The van der Waals surface area contributed by atoms with Crippen LogP contribution in [0.2, 0.25) is 0 Å². The minimum atomic E-state index is -1.02. The maximum Gasteiger partial charge on any atom is 0.328 e. The van der Waals surface area contributed by atoms with E-state index in [2.05, 4.69) is 17.6 Å². The number of rotatable bonds is 23. The Labute approximate surface area is 247 Å². The Morgan fingerprint density at radius 3 is 1.93 bits per heavy atom. The van der Waals surface area contributed by atoms with Gasteiger partial charge in [0, 0.05) is 12.8 Å². The Morgan fingerprint density at radius 1 is 0.780 bits per heavy atom. The number of hydrogen-bond acceptors (Lipinski definition) is 6. The molecule has 2 amide bonds. The van der Waals surface area contributed by atoms with Gasteiger partial charge >= 0.3 is 11.9 Å². The number of methoxy groups -OCH3 is 1. The van der Waals surface area contributed by atoms with Crippen LogP contribution in [0.15, 0.2) is 30.3 Å². The second-order valence-electron chi connectivity index (χ2n) is 11.0. The molecule has 0 spiro atoms. The molecule has 8 heteroatoms. The average molecular weight is 575 g/mol. The summed E-state index contributed by atoms with van der Waals surface area (Å²) in [6.45, 7) is 6.20. The first kappa shape index (κ1) is 36.1. The van der Waals surface area contributed by atoms with E-state index in [0.717, 1.165) is 24.8 Å². The largest absolute Gasteiger partial charge is 0.467 e. The molecule has 0 heterocycles. The fourth-order valence-corrected chi connectivity index (χ4v) is 4.62. The lowest BCUT2D eigenvalue weighted by molar-refractivity contribution is -0.148. The van der Waals surface area contributed by atoms with Gasteiger partial charge in [0.15, 0.2) is 0 Å². The molecule has 1 rings (SSSR count). The molecular weight excluding hydrogens is 520 g/mol. The van der Waals surface area contributed by atoms with Gasteiger partial charge in [-0.05, 0) is 24.3 Å². The molecular formula is C33H54N2O6. The number of hydrogen-bond donors (Lipinski definition) is 2. The summed E-state index contributed by atoms with van der Waals surface area (Å²) in [4.78, 5) is 50.5. The topological polar surface area (TPSA) is 111 Å². The fourth-order valence-electron chi connectivity index (χ4n) is 4.62. The van der Waals surface area contributed by atoms with Crippen LogP contribution in [0.4, 0.5) is 0 Å². The minimum Gasteiger partial charge on any atom is -0.467 e. The molecule has 2 N–H and O–H groups in total. The second-order valence-corrected chi connectivity index (χ2v) is 11.0. The molecule has 0 bridgehead atoms. The maximum absolute atomic E-state index is 13.2. The van der Waals surface area contributed by atoms with Crippen molar-refractivity contribution in [1.29, 1.82) is 0 Å². The number of benzene rings is 1. The standard InChI is InChI=1S/C33H54N2O6/c1-5-7-8-9-10-11-12-13-14-15-19-22-29(36)35-31(26(3)6-2)32(38)34-28(33(39)40-4)23-24-30(37)41-25-27-20-17-16-18-21-27/h16-18,20-21,26,28,31H,5-15,19,22-25H2,1-4H3,(H,34,38)(H,35,36)/t26?,28-,31+/m1/s1. The highest BCUT2D eigenvalue weighted by molar-refractivity contribution is 5.91. The zero-order chi connectivity index (χ0) is 30.3. The van der Waals surface area contributed by atoms with Crippen molar-refractivity contribution in [3.63, 3.8) is 0 Å². The van der Waals surface area contributed by atoms with Crippen LogP contribution in [0.25, 0.3) is 0 Å². The molecule has 1 aromatic carbocycles. The van der Waals surface area contributed by atoms with E-state index in [9.17, 15) is 19.2 Å². The molecule has 0 saturated carbocycles. The van der Waals surface area contributed by atoms with Crippen LogP contribution in [0, 0.1) is 5.92 Å². The molecule has 0 fully saturated rings. The molecule has 0 aromatic heterocycles. The van der Waals surface area contributed by atoms with Gasteiger partial charge in [-0.3, -0.25) is 14.4 Å². The summed E-state index contributed by atoms with van der Waals surface area (Å²) in [7, 11) is 1.23. The van der Waals surface area contributed by atoms with E-state index < -0.39 is 29.9 Å². The van der Waals surface area contributed by atoms with Crippen LogP contribution in [0.3, 0.4) is 0 Å². The van der Waals surface area contributed by atoms with Crippen LogP contribution in [0.1, 0.15) is 123 Å². The van der Waals surface area contributed by atoms with Crippen LogP contribution in [-0.4, -0.2) is 42.9 Å².